The fraction of sp³-hybridized carbons (Fsp3) is 0.312. The minimum Gasteiger partial charge on any atom is -0.479 e. The molecule has 3 rings (SSSR count). The number of aromatic nitrogens is 1. The van der Waals surface area contributed by atoms with Gasteiger partial charge in [0.1, 0.15) is 5.69 Å². The zero-order chi connectivity index (χ0) is 15.7. The van der Waals surface area contributed by atoms with E-state index in [-0.39, 0.29) is 19.1 Å². The van der Waals surface area contributed by atoms with Gasteiger partial charge in [0, 0.05) is 11.9 Å². The van der Waals surface area contributed by atoms with Crippen molar-refractivity contribution in [3.63, 3.8) is 0 Å². The number of benzene rings is 1. The number of para-hydroxylation sites is 1. The Hall–Kier alpha value is -2.47. The van der Waals surface area contributed by atoms with Gasteiger partial charge in [-0.2, -0.15) is 0 Å². The number of carboxylic acid groups (broad SMARTS) is 1. The molecular formula is C16H16N2O4. The second-order valence-corrected chi connectivity index (χ2v) is 5.29. The number of morpholine rings is 1. The largest absolute Gasteiger partial charge is 0.479 e. The molecule has 22 heavy (non-hydrogen) atoms. The standard InChI is InChI=1S/C16H16N2O4/c1-10-8-13(17-12-5-3-2-4-11(10)12)15(19)18-6-7-22-14(9-18)16(20)21/h2-5,8,14H,6-7,9H2,1H3,(H,20,21)/t14-/m1/s1. The SMILES string of the molecule is Cc1cc(C(=O)N2CCO[C@@H](C(=O)O)C2)nc2ccccc12. The van der Waals surface area contributed by atoms with E-state index in [0.29, 0.717) is 12.2 Å². The summed E-state index contributed by atoms with van der Waals surface area (Å²) >= 11 is 0. The fourth-order valence-electron chi connectivity index (χ4n) is 2.60. The number of fused-ring (bicyclic) bond motifs is 1. The summed E-state index contributed by atoms with van der Waals surface area (Å²) in [4.78, 5) is 29.5. The lowest BCUT2D eigenvalue weighted by atomic mass is 10.1. The topological polar surface area (TPSA) is 79.7 Å². The highest BCUT2D eigenvalue weighted by atomic mass is 16.5. The molecule has 114 valence electrons. The molecule has 0 radical (unpaired) electrons. The molecule has 2 aromatic rings. The van der Waals surface area contributed by atoms with Crippen molar-refractivity contribution < 1.29 is 19.4 Å². The summed E-state index contributed by atoms with van der Waals surface area (Å²) in [7, 11) is 0. The molecule has 1 fully saturated rings. The molecule has 6 heteroatoms. The number of hydrogen-bond donors (Lipinski definition) is 1. The smallest absolute Gasteiger partial charge is 0.334 e. The van der Waals surface area contributed by atoms with Crippen LogP contribution in [0.3, 0.4) is 0 Å². The molecule has 1 aliphatic heterocycles. The average molecular weight is 300 g/mol. The van der Waals surface area contributed by atoms with Crippen molar-refractivity contribution >= 4 is 22.8 Å². The first-order valence-electron chi connectivity index (χ1n) is 7.06. The Morgan fingerprint density at radius 3 is 2.91 bits per heavy atom. The monoisotopic (exact) mass is 300 g/mol. The zero-order valence-corrected chi connectivity index (χ0v) is 12.2. The minimum absolute atomic E-state index is 0.0434. The van der Waals surface area contributed by atoms with Crippen LogP contribution in [0.15, 0.2) is 30.3 Å². The quantitative estimate of drug-likeness (QED) is 0.908. The van der Waals surface area contributed by atoms with Gasteiger partial charge in [-0.1, -0.05) is 18.2 Å². The van der Waals surface area contributed by atoms with Crippen LogP contribution in [-0.4, -0.2) is 52.7 Å². The van der Waals surface area contributed by atoms with Crippen molar-refractivity contribution in [2.24, 2.45) is 0 Å². The normalized spacial score (nSPS) is 18.4. The Balaban J connectivity index is 1.90. The molecule has 0 spiro atoms. The number of aryl methyl sites for hydroxylation is 1. The number of pyridine rings is 1. The predicted molar refractivity (Wildman–Crippen MR) is 79.8 cm³/mol. The third-order valence-electron chi connectivity index (χ3n) is 3.77. The van der Waals surface area contributed by atoms with Crippen molar-refractivity contribution in [1.82, 2.24) is 9.88 Å². The van der Waals surface area contributed by atoms with Gasteiger partial charge in [0.2, 0.25) is 0 Å². The Morgan fingerprint density at radius 2 is 2.14 bits per heavy atom. The number of ether oxygens (including phenoxy) is 1. The van der Waals surface area contributed by atoms with Crippen molar-refractivity contribution in [2.75, 3.05) is 19.7 Å². The van der Waals surface area contributed by atoms with Gasteiger partial charge in [-0.25, -0.2) is 9.78 Å². The van der Waals surface area contributed by atoms with Crippen LogP contribution >= 0.6 is 0 Å². The summed E-state index contributed by atoms with van der Waals surface area (Å²) in [6, 6.07) is 9.37. The highest BCUT2D eigenvalue weighted by Crippen LogP contribution is 2.19. The van der Waals surface area contributed by atoms with Crippen LogP contribution in [0.1, 0.15) is 16.1 Å². The van der Waals surface area contributed by atoms with E-state index in [2.05, 4.69) is 4.98 Å². The highest BCUT2D eigenvalue weighted by molar-refractivity contribution is 5.96. The lowest BCUT2D eigenvalue weighted by molar-refractivity contribution is -0.154. The Kier molecular flexibility index (Phi) is 3.77. The maximum absolute atomic E-state index is 12.6. The number of rotatable bonds is 2. The van der Waals surface area contributed by atoms with E-state index in [4.69, 9.17) is 9.84 Å². The van der Waals surface area contributed by atoms with Crippen molar-refractivity contribution in [1.29, 1.82) is 0 Å². The zero-order valence-electron chi connectivity index (χ0n) is 12.2. The molecule has 1 aromatic carbocycles. The van der Waals surface area contributed by atoms with Crippen molar-refractivity contribution in [3.05, 3.63) is 41.6 Å². The molecule has 1 aromatic heterocycles. The third-order valence-corrected chi connectivity index (χ3v) is 3.77. The van der Waals surface area contributed by atoms with Crippen LogP contribution in [0, 0.1) is 6.92 Å². The minimum atomic E-state index is -1.06. The Bertz CT molecular complexity index is 744. The van der Waals surface area contributed by atoms with E-state index < -0.39 is 12.1 Å². The summed E-state index contributed by atoms with van der Waals surface area (Å²) in [5.74, 6) is -1.32. The Labute approximate surface area is 127 Å². The van der Waals surface area contributed by atoms with Crippen LogP contribution in [-0.2, 0) is 9.53 Å². The molecule has 1 saturated heterocycles. The fourth-order valence-corrected chi connectivity index (χ4v) is 2.60. The van der Waals surface area contributed by atoms with E-state index in [1.165, 1.54) is 4.90 Å². The number of carboxylic acids is 1. The van der Waals surface area contributed by atoms with Crippen LogP contribution in [0.4, 0.5) is 0 Å². The van der Waals surface area contributed by atoms with E-state index in [9.17, 15) is 9.59 Å². The van der Waals surface area contributed by atoms with Gasteiger partial charge in [-0.05, 0) is 24.6 Å². The second-order valence-electron chi connectivity index (χ2n) is 5.29. The van der Waals surface area contributed by atoms with Crippen LogP contribution in [0.2, 0.25) is 0 Å². The molecule has 0 aliphatic carbocycles. The highest BCUT2D eigenvalue weighted by Gasteiger charge is 2.30. The first kappa shape index (κ1) is 14.5. The van der Waals surface area contributed by atoms with E-state index in [1.54, 1.807) is 6.07 Å². The Morgan fingerprint density at radius 1 is 1.36 bits per heavy atom. The van der Waals surface area contributed by atoms with Crippen molar-refractivity contribution in [2.45, 2.75) is 13.0 Å². The molecule has 1 aliphatic rings. The molecule has 1 N–H and O–H groups in total. The van der Waals surface area contributed by atoms with Crippen LogP contribution < -0.4 is 0 Å². The third kappa shape index (κ3) is 2.65. The van der Waals surface area contributed by atoms with Crippen LogP contribution in [0.5, 0.6) is 0 Å². The molecule has 2 heterocycles. The molecule has 6 nitrogen and oxygen atoms in total. The number of carbonyl (C=O) groups excluding carboxylic acids is 1. The van der Waals surface area contributed by atoms with E-state index in [1.807, 2.05) is 31.2 Å². The lowest BCUT2D eigenvalue weighted by Crippen LogP contribution is -2.48. The molecular weight excluding hydrogens is 284 g/mol. The first-order chi connectivity index (χ1) is 10.6. The number of aliphatic carboxylic acids is 1. The van der Waals surface area contributed by atoms with Gasteiger partial charge in [-0.3, -0.25) is 4.79 Å². The van der Waals surface area contributed by atoms with E-state index in [0.717, 1.165) is 16.5 Å². The van der Waals surface area contributed by atoms with Crippen LogP contribution in [0.25, 0.3) is 10.9 Å². The van der Waals surface area contributed by atoms with Gasteiger partial charge in [0.05, 0.1) is 18.7 Å². The average Bonchev–Trinajstić information content (AvgIpc) is 2.54. The number of hydrogen-bond acceptors (Lipinski definition) is 4. The predicted octanol–water partition coefficient (Wildman–Crippen LogP) is 1.47. The summed E-state index contributed by atoms with van der Waals surface area (Å²) in [5, 5.41) is 10.0. The van der Waals surface area contributed by atoms with Gasteiger partial charge >= 0.3 is 5.97 Å². The van der Waals surface area contributed by atoms with Gasteiger partial charge in [-0.15, -0.1) is 0 Å². The molecule has 1 amide bonds. The second kappa shape index (κ2) is 5.73. The van der Waals surface area contributed by atoms with Gasteiger partial charge in [0.25, 0.3) is 5.91 Å². The van der Waals surface area contributed by atoms with Gasteiger partial charge < -0.3 is 14.7 Å². The van der Waals surface area contributed by atoms with Gasteiger partial charge in [0.15, 0.2) is 6.10 Å². The summed E-state index contributed by atoms with van der Waals surface area (Å²) < 4.78 is 5.14. The molecule has 1 atom stereocenters. The maximum Gasteiger partial charge on any atom is 0.334 e. The summed E-state index contributed by atoms with van der Waals surface area (Å²) in [5.41, 5.74) is 2.06. The molecule has 0 saturated carbocycles. The first-order valence-corrected chi connectivity index (χ1v) is 7.06. The maximum atomic E-state index is 12.6. The summed E-state index contributed by atoms with van der Waals surface area (Å²) in [6.45, 7) is 2.56. The lowest BCUT2D eigenvalue weighted by Gasteiger charge is -2.30. The number of nitrogens with zero attached hydrogens (tertiary/aromatic N) is 2. The summed E-state index contributed by atoms with van der Waals surface area (Å²) in [6.07, 6.45) is -0.973. The number of amides is 1. The van der Waals surface area contributed by atoms with E-state index >= 15 is 0 Å². The number of carbonyl (C=O) groups is 2. The van der Waals surface area contributed by atoms with Crippen molar-refractivity contribution in [3.8, 4) is 0 Å². The molecule has 0 bridgehead atoms. The molecule has 0 unspecified atom stereocenters.